The molecule has 0 radical (unpaired) electrons. The summed E-state index contributed by atoms with van der Waals surface area (Å²) in [5, 5.41) is 6.01. The normalized spacial score (nSPS) is 13.5. The number of aryl methyl sites for hydroxylation is 1. The fraction of sp³-hybridized carbons (Fsp3) is 0.333. The van der Waals surface area contributed by atoms with Gasteiger partial charge in [-0.05, 0) is 79.8 Å². The van der Waals surface area contributed by atoms with Crippen LogP contribution in [0.3, 0.4) is 0 Å². The van der Waals surface area contributed by atoms with Crippen LogP contribution >= 0.6 is 0 Å². The van der Waals surface area contributed by atoms with E-state index in [1.165, 1.54) is 18.4 Å². The van der Waals surface area contributed by atoms with Crippen LogP contribution in [0.5, 0.6) is 5.75 Å². The lowest BCUT2D eigenvalue weighted by atomic mass is 10.1. The van der Waals surface area contributed by atoms with Crippen LogP contribution in [0.25, 0.3) is 0 Å². The monoisotopic (exact) mass is 485 g/mol. The van der Waals surface area contributed by atoms with Gasteiger partial charge in [-0.25, -0.2) is 0 Å². The number of carbonyl (C=O) groups excluding carboxylic acids is 2. The van der Waals surface area contributed by atoms with E-state index in [9.17, 15) is 9.59 Å². The number of nitrogens with one attached hydrogen (secondary N) is 2. The Morgan fingerprint density at radius 2 is 1.44 bits per heavy atom. The number of rotatable bonds is 10. The third kappa shape index (κ3) is 7.87. The van der Waals surface area contributed by atoms with Gasteiger partial charge < -0.3 is 20.3 Å². The van der Waals surface area contributed by atoms with Gasteiger partial charge in [0.05, 0.1) is 13.2 Å². The average Bonchev–Trinajstić information content (AvgIpc) is 3.21. The van der Waals surface area contributed by atoms with Crippen LogP contribution in [-0.4, -0.2) is 43.0 Å². The van der Waals surface area contributed by atoms with Crippen LogP contribution in [0.2, 0.25) is 0 Å². The Bertz CT molecular complexity index is 1090. The fourth-order valence-electron chi connectivity index (χ4n) is 4.32. The van der Waals surface area contributed by atoms with Crippen molar-refractivity contribution in [2.45, 2.75) is 38.5 Å². The largest absolute Gasteiger partial charge is 0.494 e. The first-order valence-corrected chi connectivity index (χ1v) is 12.9. The molecule has 1 aliphatic rings. The second-order valence-electron chi connectivity index (χ2n) is 9.15. The number of likely N-dealkylation sites (tertiary alicyclic amines) is 1. The number of amides is 2. The lowest BCUT2D eigenvalue weighted by Gasteiger charge is -2.20. The Morgan fingerprint density at radius 3 is 2.14 bits per heavy atom. The molecule has 3 aromatic rings. The van der Waals surface area contributed by atoms with Crippen molar-refractivity contribution in [3.8, 4) is 5.75 Å². The minimum atomic E-state index is -0.142. The van der Waals surface area contributed by atoms with Crippen molar-refractivity contribution in [2.24, 2.45) is 0 Å². The third-order valence-corrected chi connectivity index (χ3v) is 6.34. The zero-order valence-corrected chi connectivity index (χ0v) is 20.7. The second kappa shape index (κ2) is 13.3. The summed E-state index contributed by atoms with van der Waals surface area (Å²) >= 11 is 0. The lowest BCUT2D eigenvalue weighted by molar-refractivity contribution is -0.114. The van der Waals surface area contributed by atoms with Crippen LogP contribution in [0.1, 0.15) is 48.0 Å². The quantitative estimate of drug-likeness (QED) is 0.358. The first-order valence-electron chi connectivity index (χ1n) is 12.9. The molecule has 4 rings (SSSR count). The average molecular weight is 486 g/mol. The maximum atomic E-state index is 12.7. The van der Waals surface area contributed by atoms with Crippen molar-refractivity contribution in [1.82, 2.24) is 4.90 Å². The Morgan fingerprint density at radius 1 is 0.778 bits per heavy atom. The standard InChI is InChI=1S/C30H35N3O3/c34-29(23-31-26-14-12-25(13-15-26)30(35)33-20-6-1-2-7-21-33)32-27-16-18-28(19-17-27)36-22-8-11-24-9-4-3-5-10-24/h3-5,9-10,12-19,31H,1-2,6-8,11,20-23H2,(H,32,34). The molecule has 0 unspecified atom stereocenters. The van der Waals surface area contributed by atoms with Gasteiger partial charge in [-0.3, -0.25) is 9.59 Å². The van der Waals surface area contributed by atoms with Crippen LogP contribution < -0.4 is 15.4 Å². The lowest BCUT2D eigenvalue weighted by Crippen LogP contribution is -2.31. The zero-order valence-electron chi connectivity index (χ0n) is 20.7. The highest BCUT2D eigenvalue weighted by atomic mass is 16.5. The van der Waals surface area contributed by atoms with Crippen LogP contribution in [0.4, 0.5) is 11.4 Å². The molecule has 0 aromatic heterocycles. The molecule has 1 heterocycles. The summed E-state index contributed by atoms with van der Waals surface area (Å²) in [5.41, 5.74) is 3.52. The van der Waals surface area contributed by atoms with E-state index < -0.39 is 0 Å². The highest BCUT2D eigenvalue weighted by molar-refractivity contribution is 5.95. The molecule has 0 aliphatic carbocycles. The smallest absolute Gasteiger partial charge is 0.253 e. The van der Waals surface area contributed by atoms with Crippen LogP contribution in [0.15, 0.2) is 78.9 Å². The molecule has 1 saturated heterocycles. The maximum absolute atomic E-state index is 12.7. The molecule has 0 atom stereocenters. The van der Waals surface area contributed by atoms with Gasteiger partial charge in [0.25, 0.3) is 5.91 Å². The van der Waals surface area contributed by atoms with Crippen molar-refractivity contribution in [1.29, 1.82) is 0 Å². The summed E-state index contributed by atoms with van der Waals surface area (Å²) < 4.78 is 5.81. The molecular weight excluding hydrogens is 450 g/mol. The summed E-state index contributed by atoms with van der Waals surface area (Å²) in [7, 11) is 0. The molecule has 188 valence electrons. The van der Waals surface area contributed by atoms with Gasteiger partial charge in [0.1, 0.15) is 5.75 Å². The first kappa shape index (κ1) is 25.3. The van der Waals surface area contributed by atoms with E-state index in [2.05, 4.69) is 34.9 Å². The summed E-state index contributed by atoms with van der Waals surface area (Å²) in [6, 6.07) is 25.1. The molecule has 0 bridgehead atoms. The highest BCUT2D eigenvalue weighted by Gasteiger charge is 2.17. The van der Waals surface area contributed by atoms with Gasteiger partial charge in [-0.2, -0.15) is 0 Å². The summed E-state index contributed by atoms with van der Waals surface area (Å²) in [5.74, 6) is 0.732. The predicted molar refractivity (Wildman–Crippen MR) is 145 cm³/mol. The van der Waals surface area contributed by atoms with Crippen molar-refractivity contribution in [3.63, 3.8) is 0 Å². The Hall–Kier alpha value is -3.80. The molecule has 2 amide bonds. The summed E-state index contributed by atoms with van der Waals surface area (Å²) in [6.07, 6.45) is 6.47. The van der Waals surface area contributed by atoms with Gasteiger partial charge in [-0.15, -0.1) is 0 Å². The fourth-order valence-corrected chi connectivity index (χ4v) is 4.32. The molecule has 6 nitrogen and oxygen atoms in total. The summed E-state index contributed by atoms with van der Waals surface area (Å²) in [6.45, 7) is 2.45. The topological polar surface area (TPSA) is 70.7 Å². The number of hydrogen-bond acceptors (Lipinski definition) is 4. The number of hydrogen-bond donors (Lipinski definition) is 2. The number of benzene rings is 3. The van der Waals surface area contributed by atoms with E-state index in [1.54, 1.807) is 0 Å². The minimum absolute atomic E-state index is 0.0878. The van der Waals surface area contributed by atoms with E-state index in [1.807, 2.05) is 59.5 Å². The van der Waals surface area contributed by atoms with Gasteiger partial charge in [0.2, 0.25) is 5.91 Å². The van der Waals surface area contributed by atoms with E-state index in [-0.39, 0.29) is 18.4 Å². The molecular formula is C30H35N3O3. The number of carbonyl (C=O) groups is 2. The van der Waals surface area contributed by atoms with Crippen molar-refractivity contribution >= 4 is 23.2 Å². The maximum Gasteiger partial charge on any atom is 0.253 e. The van der Waals surface area contributed by atoms with Gasteiger partial charge >= 0.3 is 0 Å². The molecule has 1 aliphatic heterocycles. The van der Waals surface area contributed by atoms with Crippen molar-refractivity contribution in [3.05, 3.63) is 90.0 Å². The van der Waals surface area contributed by atoms with Crippen molar-refractivity contribution in [2.75, 3.05) is 36.9 Å². The molecule has 0 spiro atoms. The second-order valence-corrected chi connectivity index (χ2v) is 9.15. The minimum Gasteiger partial charge on any atom is -0.494 e. The van der Waals surface area contributed by atoms with Gasteiger partial charge in [0, 0.05) is 30.0 Å². The third-order valence-electron chi connectivity index (χ3n) is 6.34. The van der Waals surface area contributed by atoms with Crippen LogP contribution in [-0.2, 0) is 11.2 Å². The van der Waals surface area contributed by atoms with E-state index in [0.29, 0.717) is 12.2 Å². The predicted octanol–water partition coefficient (Wildman–Crippen LogP) is 5.77. The SMILES string of the molecule is O=C(CNc1ccc(C(=O)N2CCCCCC2)cc1)Nc1ccc(OCCCc2ccccc2)cc1. The summed E-state index contributed by atoms with van der Waals surface area (Å²) in [4.78, 5) is 27.0. The Labute approximate surface area is 213 Å². The van der Waals surface area contributed by atoms with E-state index >= 15 is 0 Å². The van der Waals surface area contributed by atoms with E-state index in [0.717, 1.165) is 55.9 Å². The van der Waals surface area contributed by atoms with Crippen molar-refractivity contribution < 1.29 is 14.3 Å². The Kier molecular flexibility index (Phi) is 9.37. The number of ether oxygens (including phenoxy) is 1. The van der Waals surface area contributed by atoms with Gasteiger partial charge in [0.15, 0.2) is 0 Å². The van der Waals surface area contributed by atoms with Crippen LogP contribution in [0, 0.1) is 0 Å². The zero-order chi connectivity index (χ0) is 25.0. The van der Waals surface area contributed by atoms with E-state index in [4.69, 9.17) is 4.74 Å². The molecule has 6 heteroatoms. The molecule has 3 aromatic carbocycles. The highest BCUT2D eigenvalue weighted by Crippen LogP contribution is 2.17. The molecule has 1 fully saturated rings. The number of anilines is 2. The molecule has 0 saturated carbocycles. The Balaban J connectivity index is 1.16. The molecule has 36 heavy (non-hydrogen) atoms. The van der Waals surface area contributed by atoms with Gasteiger partial charge in [-0.1, -0.05) is 43.2 Å². The molecule has 2 N–H and O–H groups in total. The number of nitrogens with zero attached hydrogens (tertiary/aromatic N) is 1. The first-order chi connectivity index (χ1) is 17.7.